The van der Waals surface area contributed by atoms with Gasteiger partial charge in [-0.2, -0.15) is 13.2 Å². The van der Waals surface area contributed by atoms with Crippen LogP contribution in [0, 0.1) is 11.7 Å². The monoisotopic (exact) mass is 459 g/mol. The molecule has 3 atom stereocenters. The Morgan fingerprint density at radius 1 is 1.06 bits per heavy atom. The van der Waals surface area contributed by atoms with Crippen LogP contribution >= 0.6 is 0 Å². The number of carbonyl (C=O) groups excluding carboxylic acids is 1. The molecule has 1 aliphatic carbocycles. The second-order valence-corrected chi connectivity index (χ2v) is 8.02. The Bertz CT molecular complexity index is 1170. The second kappa shape index (κ2) is 8.05. The molecule has 0 N–H and O–H groups in total. The van der Waals surface area contributed by atoms with Crippen LogP contribution < -0.4 is 4.74 Å². The first-order valence-electron chi connectivity index (χ1n) is 10.2. The summed E-state index contributed by atoms with van der Waals surface area (Å²) in [6.07, 6.45) is 0.879. The maximum atomic E-state index is 14.0. The minimum Gasteiger partial charge on any atom is -0.471 e. The molecule has 0 radical (unpaired) electrons. The van der Waals surface area contributed by atoms with E-state index < -0.39 is 23.8 Å². The number of carbonyl (C=O) groups is 1. The molecule has 1 aliphatic heterocycles. The van der Waals surface area contributed by atoms with E-state index in [4.69, 9.17) is 4.74 Å². The van der Waals surface area contributed by atoms with Gasteiger partial charge in [0.25, 0.3) is 5.91 Å². The van der Waals surface area contributed by atoms with E-state index in [-0.39, 0.29) is 29.3 Å². The van der Waals surface area contributed by atoms with Crippen molar-refractivity contribution in [3.8, 4) is 17.3 Å². The van der Waals surface area contributed by atoms with Crippen molar-refractivity contribution < 1.29 is 27.1 Å². The Labute approximate surface area is 185 Å². The lowest BCUT2D eigenvalue weighted by atomic mass is 10.0. The number of halogens is 4. The number of amides is 1. The summed E-state index contributed by atoms with van der Waals surface area (Å²) in [7, 11) is 0. The van der Waals surface area contributed by atoms with Crippen LogP contribution in [0.5, 0.6) is 5.88 Å². The molecule has 1 saturated carbocycles. The smallest absolute Gasteiger partial charge is 0.434 e. The fourth-order valence-corrected chi connectivity index (χ4v) is 4.49. The maximum Gasteiger partial charge on any atom is 0.434 e. The quantitative estimate of drug-likeness (QED) is 0.553. The molecular formula is C22H17F4N5O2. The number of fused-ring (bicyclic) bond motifs is 2. The van der Waals surface area contributed by atoms with Crippen LogP contribution in [-0.4, -0.2) is 49.4 Å². The molecule has 3 aromatic rings. The molecule has 1 saturated heterocycles. The van der Waals surface area contributed by atoms with Crippen LogP contribution in [0.15, 0.2) is 49.1 Å². The topological polar surface area (TPSA) is 81.1 Å². The molecular weight excluding hydrogens is 442 g/mol. The predicted molar refractivity (Wildman–Crippen MR) is 106 cm³/mol. The summed E-state index contributed by atoms with van der Waals surface area (Å²) >= 11 is 0. The van der Waals surface area contributed by atoms with E-state index in [1.807, 2.05) is 0 Å². The highest BCUT2D eigenvalue weighted by Gasteiger charge is 2.49. The fraction of sp³-hybridized carbons (Fsp3) is 0.318. The molecule has 5 rings (SSSR count). The van der Waals surface area contributed by atoms with E-state index in [0.717, 1.165) is 12.3 Å². The molecule has 3 heterocycles. The Morgan fingerprint density at radius 2 is 1.85 bits per heavy atom. The average molecular weight is 459 g/mol. The zero-order valence-electron chi connectivity index (χ0n) is 17.0. The van der Waals surface area contributed by atoms with Crippen molar-refractivity contribution in [1.82, 2.24) is 24.8 Å². The van der Waals surface area contributed by atoms with Crippen molar-refractivity contribution in [2.24, 2.45) is 5.92 Å². The first-order chi connectivity index (χ1) is 15.8. The van der Waals surface area contributed by atoms with Gasteiger partial charge in [-0.25, -0.2) is 24.3 Å². The number of rotatable bonds is 4. The number of ether oxygens (including phenoxy) is 1. The molecule has 0 spiro atoms. The Hall–Kier alpha value is -3.63. The number of hydrogen-bond acceptors (Lipinski definition) is 6. The highest BCUT2D eigenvalue weighted by molar-refractivity contribution is 6.00. The van der Waals surface area contributed by atoms with Gasteiger partial charge in [-0.05, 0) is 43.0 Å². The summed E-state index contributed by atoms with van der Waals surface area (Å²) in [5.74, 6) is -0.516. The zero-order valence-corrected chi connectivity index (χ0v) is 17.0. The van der Waals surface area contributed by atoms with Crippen LogP contribution in [0.4, 0.5) is 17.6 Å². The van der Waals surface area contributed by atoms with Gasteiger partial charge in [-0.15, -0.1) is 0 Å². The van der Waals surface area contributed by atoms with E-state index in [2.05, 4.69) is 19.9 Å². The number of hydrogen-bond donors (Lipinski definition) is 0. The lowest BCUT2D eigenvalue weighted by Crippen LogP contribution is -2.47. The molecule has 2 unspecified atom stereocenters. The SMILES string of the molecule is O=C(c1cc(F)ccc1-c1ncccn1)N1C[C@H]2CC(Oc3cnc(C(F)(F)F)cn3)C1C2. The first-order valence-corrected chi connectivity index (χ1v) is 10.2. The van der Waals surface area contributed by atoms with Gasteiger partial charge in [-0.3, -0.25) is 4.79 Å². The van der Waals surface area contributed by atoms with Gasteiger partial charge >= 0.3 is 6.18 Å². The Balaban J connectivity index is 1.37. The van der Waals surface area contributed by atoms with Gasteiger partial charge in [0.05, 0.1) is 24.0 Å². The van der Waals surface area contributed by atoms with E-state index in [0.29, 0.717) is 37.0 Å². The van der Waals surface area contributed by atoms with Gasteiger partial charge in [0.1, 0.15) is 11.9 Å². The molecule has 11 heteroatoms. The second-order valence-electron chi connectivity index (χ2n) is 8.02. The van der Waals surface area contributed by atoms with Crippen LogP contribution in [0.1, 0.15) is 28.9 Å². The van der Waals surface area contributed by atoms with Gasteiger partial charge in [0.2, 0.25) is 5.88 Å². The summed E-state index contributed by atoms with van der Waals surface area (Å²) in [5, 5.41) is 0. The minimum absolute atomic E-state index is 0.0444. The standard InChI is InChI=1S/C22H17F4N5O2/c23-13-2-3-14(20-27-4-1-5-28-20)15(8-13)21(32)31-11-12-6-16(31)17(7-12)33-19-10-29-18(9-30-19)22(24,25)26/h1-5,8-10,12,16-17H,6-7,11H2/t12-,16?,17?/m1/s1. The number of benzene rings is 1. The molecule has 33 heavy (non-hydrogen) atoms. The van der Waals surface area contributed by atoms with Crippen molar-refractivity contribution in [3.05, 3.63) is 66.1 Å². The molecule has 1 amide bonds. The lowest BCUT2D eigenvalue weighted by molar-refractivity contribution is -0.141. The van der Waals surface area contributed by atoms with Gasteiger partial charge in [-0.1, -0.05) is 0 Å². The summed E-state index contributed by atoms with van der Waals surface area (Å²) in [6.45, 7) is 0.480. The number of nitrogens with zero attached hydrogens (tertiary/aromatic N) is 5. The van der Waals surface area contributed by atoms with E-state index >= 15 is 0 Å². The number of piperidine rings is 1. The Morgan fingerprint density at radius 3 is 2.52 bits per heavy atom. The van der Waals surface area contributed by atoms with Crippen LogP contribution in [0.3, 0.4) is 0 Å². The largest absolute Gasteiger partial charge is 0.471 e. The van der Waals surface area contributed by atoms with E-state index in [1.165, 1.54) is 24.5 Å². The zero-order chi connectivity index (χ0) is 23.2. The first kappa shape index (κ1) is 21.2. The van der Waals surface area contributed by atoms with Crippen LogP contribution in [0.25, 0.3) is 11.4 Å². The van der Waals surface area contributed by atoms with Crippen LogP contribution in [-0.2, 0) is 6.18 Å². The van der Waals surface area contributed by atoms with Gasteiger partial charge in [0, 0.05) is 24.5 Å². The summed E-state index contributed by atoms with van der Waals surface area (Å²) < 4.78 is 58.0. The van der Waals surface area contributed by atoms with Crippen molar-refractivity contribution in [1.29, 1.82) is 0 Å². The number of aromatic nitrogens is 4. The minimum atomic E-state index is -4.59. The Kier molecular flexibility index (Phi) is 5.18. The predicted octanol–water partition coefficient (Wildman–Crippen LogP) is 3.77. The summed E-state index contributed by atoms with van der Waals surface area (Å²) in [4.78, 5) is 30.5. The van der Waals surface area contributed by atoms with Crippen molar-refractivity contribution in [2.45, 2.75) is 31.2 Å². The molecule has 2 aliphatic rings. The van der Waals surface area contributed by atoms with E-state index in [9.17, 15) is 22.4 Å². The third-order valence-electron chi connectivity index (χ3n) is 5.90. The summed E-state index contributed by atoms with van der Waals surface area (Å²) in [6, 6.07) is 5.20. The molecule has 2 bridgehead atoms. The van der Waals surface area contributed by atoms with Crippen molar-refractivity contribution in [3.63, 3.8) is 0 Å². The third kappa shape index (κ3) is 4.10. The highest BCUT2D eigenvalue weighted by atomic mass is 19.4. The average Bonchev–Trinajstić information content (AvgIpc) is 3.39. The normalized spacial score (nSPS) is 21.9. The fourth-order valence-electron chi connectivity index (χ4n) is 4.49. The number of alkyl halides is 3. The van der Waals surface area contributed by atoms with Crippen LogP contribution in [0.2, 0.25) is 0 Å². The van der Waals surface area contributed by atoms with Crippen molar-refractivity contribution in [2.75, 3.05) is 6.54 Å². The lowest BCUT2D eigenvalue weighted by Gasteiger charge is -2.33. The molecule has 170 valence electrons. The molecule has 2 aromatic heterocycles. The van der Waals surface area contributed by atoms with E-state index in [1.54, 1.807) is 11.0 Å². The molecule has 7 nitrogen and oxygen atoms in total. The summed E-state index contributed by atoms with van der Waals surface area (Å²) in [5.41, 5.74) is -0.556. The highest BCUT2D eigenvalue weighted by Crippen LogP contribution is 2.41. The third-order valence-corrected chi connectivity index (χ3v) is 5.90. The molecule has 2 fully saturated rings. The van der Waals surface area contributed by atoms with Crippen molar-refractivity contribution >= 4 is 5.91 Å². The van der Waals surface area contributed by atoms with Gasteiger partial charge in [0.15, 0.2) is 11.5 Å². The maximum absolute atomic E-state index is 14.0. The molecule has 1 aromatic carbocycles. The number of likely N-dealkylation sites (tertiary alicyclic amines) is 1. The van der Waals surface area contributed by atoms with Gasteiger partial charge < -0.3 is 9.64 Å².